The number of nitrogens with zero attached hydrogens (tertiary/aromatic N) is 3. The number of benzene rings is 2. The van der Waals surface area contributed by atoms with Crippen molar-refractivity contribution < 1.29 is 19.4 Å². The van der Waals surface area contributed by atoms with Gasteiger partial charge in [-0.1, -0.05) is 30.3 Å². The van der Waals surface area contributed by atoms with Gasteiger partial charge in [-0.3, -0.25) is 4.79 Å². The molecule has 2 aromatic carbocycles. The van der Waals surface area contributed by atoms with Crippen LogP contribution in [0.2, 0.25) is 0 Å². The van der Waals surface area contributed by atoms with Gasteiger partial charge in [0, 0.05) is 39.4 Å². The first-order valence-corrected chi connectivity index (χ1v) is 10.7. The first-order chi connectivity index (χ1) is 15.3. The van der Waals surface area contributed by atoms with Crippen LogP contribution in [0.5, 0.6) is 0 Å². The molecule has 0 saturated carbocycles. The first kappa shape index (κ1) is 22.3. The van der Waals surface area contributed by atoms with Gasteiger partial charge in [0.1, 0.15) is 23.5 Å². The van der Waals surface area contributed by atoms with Crippen molar-refractivity contribution in [2.24, 2.45) is 7.05 Å². The van der Waals surface area contributed by atoms with Crippen molar-refractivity contribution in [1.29, 1.82) is 0 Å². The molecule has 1 aromatic heterocycles. The Balaban J connectivity index is 1.97. The highest BCUT2D eigenvalue weighted by atomic mass is 16.5. The van der Waals surface area contributed by atoms with Crippen LogP contribution in [0.3, 0.4) is 0 Å². The van der Waals surface area contributed by atoms with Gasteiger partial charge in [-0.15, -0.1) is 0 Å². The van der Waals surface area contributed by atoms with E-state index < -0.39 is 18.2 Å². The molecular formula is C24H30N4O4. The molecule has 4 rings (SSSR count). The monoisotopic (exact) mass is 438 g/mol. The summed E-state index contributed by atoms with van der Waals surface area (Å²) in [6, 6.07) is 11.2. The standard InChI is InChI=1S/C24H30N4O4/c1-14-25-20-17(28(14)4)13-16(24(30)27(2)3)18-21(20)26-19(15-9-7-6-8-10-15)22(29)23(18)32-12-11-31-5/h6-10,13,19,22-23,26,29H,11-12H2,1-5H3/t19-,22+,23-/m1/s1. The van der Waals surface area contributed by atoms with Crippen LogP contribution in [0.4, 0.5) is 5.69 Å². The van der Waals surface area contributed by atoms with E-state index in [1.807, 2.05) is 54.9 Å². The lowest BCUT2D eigenvalue weighted by Crippen LogP contribution is -2.39. The van der Waals surface area contributed by atoms with Crippen LogP contribution in [0, 0.1) is 6.92 Å². The molecule has 1 aliphatic heterocycles. The molecule has 0 unspecified atom stereocenters. The van der Waals surface area contributed by atoms with Gasteiger partial charge < -0.3 is 29.4 Å². The number of methoxy groups -OCH3 is 1. The fraction of sp³-hybridized carbons (Fsp3) is 0.417. The Labute approximate surface area is 187 Å². The van der Waals surface area contributed by atoms with Crippen molar-refractivity contribution in [2.75, 3.05) is 39.7 Å². The fourth-order valence-corrected chi connectivity index (χ4v) is 4.28. The highest BCUT2D eigenvalue weighted by molar-refractivity contribution is 6.04. The highest BCUT2D eigenvalue weighted by Gasteiger charge is 2.41. The van der Waals surface area contributed by atoms with Crippen LogP contribution < -0.4 is 5.32 Å². The van der Waals surface area contributed by atoms with Crippen molar-refractivity contribution in [1.82, 2.24) is 14.5 Å². The van der Waals surface area contributed by atoms with Crippen molar-refractivity contribution in [3.05, 3.63) is 58.9 Å². The summed E-state index contributed by atoms with van der Waals surface area (Å²) in [5.41, 5.74) is 4.36. The molecule has 32 heavy (non-hydrogen) atoms. The molecule has 3 aromatic rings. The molecule has 1 aliphatic rings. The quantitative estimate of drug-likeness (QED) is 0.576. The summed E-state index contributed by atoms with van der Waals surface area (Å²) >= 11 is 0. The van der Waals surface area contributed by atoms with Gasteiger partial charge in [-0.25, -0.2) is 4.98 Å². The minimum atomic E-state index is -0.919. The molecular weight excluding hydrogens is 408 g/mol. The molecule has 2 N–H and O–H groups in total. The van der Waals surface area contributed by atoms with Gasteiger partial charge in [0.25, 0.3) is 5.91 Å². The molecule has 8 nitrogen and oxygen atoms in total. The lowest BCUT2D eigenvalue weighted by Gasteiger charge is -2.39. The maximum atomic E-state index is 13.2. The van der Waals surface area contributed by atoms with Crippen molar-refractivity contribution in [3.8, 4) is 0 Å². The molecule has 0 saturated heterocycles. The Kier molecular flexibility index (Phi) is 6.19. The van der Waals surface area contributed by atoms with E-state index in [2.05, 4.69) is 5.32 Å². The summed E-state index contributed by atoms with van der Waals surface area (Å²) in [7, 11) is 6.96. The van der Waals surface area contributed by atoms with Crippen LogP contribution in [-0.2, 0) is 16.5 Å². The molecule has 8 heteroatoms. The third-order valence-corrected chi connectivity index (χ3v) is 6.06. The maximum absolute atomic E-state index is 13.2. The molecule has 2 heterocycles. The van der Waals surface area contributed by atoms with Crippen LogP contribution in [0.25, 0.3) is 11.0 Å². The number of imidazole rings is 1. The molecule has 0 radical (unpaired) electrons. The number of anilines is 1. The first-order valence-electron chi connectivity index (χ1n) is 10.7. The van der Waals surface area contributed by atoms with Crippen LogP contribution >= 0.6 is 0 Å². The van der Waals surface area contributed by atoms with Gasteiger partial charge >= 0.3 is 0 Å². The molecule has 0 fully saturated rings. The van der Waals surface area contributed by atoms with Crippen molar-refractivity contribution in [2.45, 2.75) is 25.2 Å². The fourth-order valence-electron chi connectivity index (χ4n) is 4.28. The number of hydrogen-bond acceptors (Lipinski definition) is 6. The van der Waals surface area contributed by atoms with E-state index in [1.165, 1.54) is 4.90 Å². The largest absolute Gasteiger partial charge is 0.388 e. The Morgan fingerprint density at radius 3 is 2.62 bits per heavy atom. The second-order valence-electron chi connectivity index (χ2n) is 8.31. The molecule has 0 bridgehead atoms. The topological polar surface area (TPSA) is 88.9 Å². The Morgan fingerprint density at radius 2 is 1.97 bits per heavy atom. The number of amides is 1. The van der Waals surface area contributed by atoms with E-state index in [0.717, 1.165) is 28.1 Å². The molecule has 1 amide bonds. The number of fused-ring (bicyclic) bond motifs is 3. The van der Waals surface area contributed by atoms with Gasteiger partial charge in [-0.05, 0) is 18.6 Å². The number of carbonyl (C=O) groups excluding carboxylic acids is 1. The van der Waals surface area contributed by atoms with Gasteiger partial charge in [-0.2, -0.15) is 0 Å². The third-order valence-electron chi connectivity index (χ3n) is 6.06. The number of hydrogen-bond donors (Lipinski definition) is 2. The zero-order chi connectivity index (χ0) is 23.0. The molecule has 0 aliphatic carbocycles. The summed E-state index contributed by atoms with van der Waals surface area (Å²) in [6.45, 7) is 2.59. The third kappa shape index (κ3) is 3.74. The smallest absolute Gasteiger partial charge is 0.253 e. The van der Waals surface area contributed by atoms with E-state index in [9.17, 15) is 9.90 Å². The molecule has 3 atom stereocenters. The highest BCUT2D eigenvalue weighted by Crippen LogP contribution is 2.46. The number of nitrogens with one attached hydrogen (secondary N) is 1. The summed E-state index contributed by atoms with van der Waals surface area (Å²) in [5, 5.41) is 14.9. The SMILES string of the molecule is COCCO[C@@H]1c2c(C(=O)N(C)C)cc3c(nc(C)n3C)c2N[C@H](c2ccccc2)[C@@H]1O. The minimum absolute atomic E-state index is 0.158. The molecule has 170 valence electrons. The van der Waals surface area contributed by atoms with Crippen LogP contribution in [-0.4, -0.2) is 66.0 Å². The lowest BCUT2D eigenvalue weighted by atomic mass is 9.85. The average molecular weight is 439 g/mol. The van der Waals surface area contributed by atoms with Gasteiger partial charge in [0.2, 0.25) is 0 Å². The second-order valence-corrected chi connectivity index (χ2v) is 8.31. The maximum Gasteiger partial charge on any atom is 0.253 e. The Morgan fingerprint density at radius 1 is 1.25 bits per heavy atom. The summed E-state index contributed by atoms with van der Waals surface area (Å²) < 4.78 is 13.3. The lowest BCUT2D eigenvalue weighted by molar-refractivity contribution is -0.0636. The Hall–Kier alpha value is -2.94. The van der Waals surface area contributed by atoms with E-state index in [1.54, 1.807) is 21.2 Å². The van der Waals surface area contributed by atoms with E-state index in [4.69, 9.17) is 14.5 Å². The number of aliphatic hydroxyl groups is 1. The predicted molar refractivity (Wildman–Crippen MR) is 123 cm³/mol. The minimum Gasteiger partial charge on any atom is -0.388 e. The van der Waals surface area contributed by atoms with Gasteiger partial charge in [0.05, 0.1) is 30.5 Å². The summed E-state index contributed by atoms with van der Waals surface area (Å²) in [5.74, 6) is 0.673. The number of carbonyl (C=O) groups is 1. The second kappa shape index (κ2) is 8.90. The van der Waals surface area contributed by atoms with E-state index in [-0.39, 0.29) is 12.5 Å². The number of aromatic nitrogens is 2. The number of ether oxygens (including phenoxy) is 2. The number of aliphatic hydroxyl groups excluding tert-OH is 1. The predicted octanol–water partition coefficient (Wildman–Crippen LogP) is 2.82. The number of rotatable bonds is 6. The Bertz CT molecular complexity index is 1130. The van der Waals surface area contributed by atoms with Crippen LogP contribution in [0.1, 0.15) is 39.5 Å². The van der Waals surface area contributed by atoms with Crippen LogP contribution in [0.15, 0.2) is 36.4 Å². The van der Waals surface area contributed by atoms with Gasteiger partial charge in [0.15, 0.2) is 0 Å². The summed E-state index contributed by atoms with van der Waals surface area (Å²) in [6.07, 6.45) is -1.64. The zero-order valence-electron chi connectivity index (χ0n) is 19.1. The molecule has 0 spiro atoms. The van der Waals surface area contributed by atoms with E-state index in [0.29, 0.717) is 17.7 Å². The average Bonchev–Trinajstić information content (AvgIpc) is 3.08. The van der Waals surface area contributed by atoms with Crippen molar-refractivity contribution >= 4 is 22.6 Å². The number of aryl methyl sites for hydroxylation is 2. The zero-order valence-corrected chi connectivity index (χ0v) is 19.1. The van der Waals surface area contributed by atoms with E-state index >= 15 is 0 Å². The normalized spacial score (nSPS) is 20.1. The van der Waals surface area contributed by atoms with Crippen molar-refractivity contribution in [3.63, 3.8) is 0 Å². The summed E-state index contributed by atoms with van der Waals surface area (Å²) in [4.78, 5) is 19.5.